The second-order valence-corrected chi connectivity index (χ2v) is 9.72. The number of rotatable bonds is 11. The molecule has 2 rings (SSSR count). The third-order valence-electron chi connectivity index (χ3n) is 3.98. The Morgan fingerprint density at radius 3 is 2.67 bits per heavy atom. The molecule has 0 aromatic heterocycles. The molecule has 6 nitrogen and oxygen atoms in total. The Morgan fingerprint density at radius 1 is 1.27 bits per heavy atom. The van der Waals surface area contributed by atoms with E-state index < -0.39 is 15.9 Å². The highest BCUT2D eigenvalue weighted by Gasteiger charge is 2.21. The summed E-state index contributed by atoms with van der Waals surface area (Å²) in [5.74, 6) is 0.618. The number of hydrogen-bond donors (Lipinski definition) is 1. The Balaban J connectivity index is 1.88. The van der Waals surface area contributed by atoms with Gasteiger partial charge in [0.1, 0.15) is 18.1 Å². The summed E-state index contributed by atoms with van der Waals surface area (Å²) in [6, 6.07) is 11.1. The molecule has 0 spiro atoms. The molecule has 30 heavy (non-hydrogen) atoms. The van der Waals surface area contributed by atoms with Crippen LogP contribution in [0.5, 0.6) is 5.75 Å². The zero-order valence-electron chi connectivity index (χ0n) is 16.7. The first-order chi connectivity index (χ1) is 14.2. The van der Waals surface area contributed by atoms with E-state index in [0.717, 1.165) is 10.6 Å². The first kappa shape index (κ1) is 24.3. The van der Waals surface area contributed by atoms with Crippen molar-refractivity contribution < 1.29 is 22.3 Å². The van der Waals surface area contributed by atoms with E-state index >= 15 is 0 Å². The van der Waals surface area contributed by atoms with Crippen LogP contribution in [0.2, 0.25) is 5.02 Å². The number of nitrogens with one attached hydrogen (secondary N) is 1. The molecule has 0 unspecified atom stereocenters. The number of ether oxygens (including phenoxy) is 1. The molecule has 1 N–H and O–H groups in total. The van der Waals surface area contributed by atoms with Crippen LogP contribution in [0, 0.1) is 5.82 Å². The number of hydrogen-bond acceptors (Lipinski definition) is 5. The number of amides is 1. The molecule has 0 atom stereocenters. The molecule has 0 aliphatic rings. The van der Waals surface area contributed by atoms with Gasteiger partial charge in [-0.15, -0.1) is 0 Å². The van der Waals surface area contributed by atoms with Crippen LogP contribution in [0.15, 0.2) is 42.5 Å². The maximum atomic E-state index is 13.7. The second kappa shape index (κ2) is 11.4. The molecule has 0 heterocycles. The predicted molar refractivity (Wildman–Crippen MR) is 120 cm³/mol. The maximum Gasteiger partial charge on any atom is 0.240 e. The molecule has 2 aromatic carbocycles. The smallest absolute Gasteiger partial charge is 0.240 e. The lowest BCUT2D eigenvalue weighted by atomic mass is 10.2. The van der Waals surface area contributed by atoms with Gasteiger partial charge in [0, 0.05) is 34.7 Å². The highest BCUT2D eigenvalue weighted by atomic mass is 35.5. The van der Waals surface area contributed by atoms with E-state index in [1.165, 1.54) is 17.8 Å². The van der Waals surface area contributed by atoms with Gasteiger partial charge < -0.3 is 10.1 Å². The van der Waals surface area contributed by atoms with Gasteiger partial charge >= 0.3 is 0 Å². The van der Waals surface area contributed by atoms with Crippen molar-refractivity contribution in [1.82, 2.24) is 5.32 Å². The molecule has 1 amide bonds. The molecule has 0 radical (unpaired) electrons. The Labute approximate surface area is 185 Å². The van der Waals surface area contributed by atoms with E-state index in [9.17, 15) is 17.6 Å². The molecule has 164 valence electrons. The first-order valence-electron chi connectivity index (χ1n) is 9.20. The van der Waals surface area contributed by atoms with E-state index in [1.807, 2.05) is 6.92 Å². The predicted octanol–water partition coefficient (Wildman–Crippen LogP) is 3.69. The maximum absolute atomic E-state index is 13.7. The van der Waals surface area contributed by atoms with Gasteiger partial charge in [0.15, 0.2) is 0 Å². The monoisotopic (exact) mass is 474 g/mol. The highest BCUT2D eigenvalue weighted by molar-refractivity contribution is 7.98. The summed E-state index contributed by atoms with van der Waals surface area (Å²) < 4.78 is 44.5. The molecule has 0 saturated heterocycles. The van der Waals surface area contributed by atoms with Crippen molar-refractivity contribution in [3.05, 3.63) is 58.9 Å². The third kappa shape index (κ3) is 7.37. The number of nitrogens with zero attached hydrogens (tertiary/aromatic N) is 1. The summed E-state index contributed by atoms with van der Waals surface area (Å²) in [6.45, 7) is 2.23. The van der Waals surface area contributed by atoms with Crippen LogP contribution in [-0.4, -0.2) is 46.0 Å². The van der Waals surface area contributed by atoms with Gasteiger partial charge in [0.25, 0.3) is 0 Å². The summed E-state index contributed by atoms with van der Waals surface area (Å²) in [5.41, 5.74) is 0.773. The van der Waals surface area contributed by atoms with Crippen molar-refractivity contribution in [3.63, 3.8) is 0 Å². The number of halogens is 2. The van der Waals surface area contributed by atoms with Gasteiger partial charge in [0.2, 0.25) is 15.9 Å². The molecule has 0 aliphatic carbocycles. The van der Waals surface area contributed by atoms with E-state index in [-0.39, 0.29) is 12.4 Å². The highest BCUT2D eigenvalue weighted by Crippen LogP contribution is 2.24. The minimum Gasteiger partial charge on any atom is -0.494 e. The van der Waals surface area contributed by atoms with Gasteiger partial charge in [-0.1, -0.05) is 23.7 Å². The number of benzene rings is 2. The normalized spacial score (nSPS) is 11.2. The van der Waals surface area contributed by atoms with Crippen LogP contribution >= 0.6 is 23.4 Å². The fraction of sp³-hybridized carbons (Fsp3) is 0.350. The van der Waals surface area contributed by atoms with E-state index in [4.69, 9.17) is 16.3 Å². The van der Waals surface area contributed by atoms with Crippen molar-refractivity contribution in [2.75, 3.05) is 36.0 Å². The van der Waals surface area contributed by atoms with Crippen molar-refractivity contribution in [2.45, 2.75) is 12.7 Å². The largest absolute Gasteiger partial charge is 0.494 e. The summed E-state index contributed by atoms with van der Waals surface area (Å²) in [4.78, 5) is 12.3. The Bertz CT molecular complexity index is 953. The number of anilines is 1. The van der Waals surface area contributed by atoms with E-state index in [0.29, 0.717) is 46.7 Å². The molecule has 0 fully saturated rings. The van der Waals surface area contributed by atoms with Gasteiger partial charge in [-0.2, -0.15) is 11.8 Å². The van der Waals surface area contributed by atoms with Gasteiger partial charge in [-0.05, 0) is 31.2 Å². The van der Waals surface area contributed by atoms with Gasteiger partial charge in [-0.25, -0.2) is 12.8 Å². The standard InChI is InChI=1S/C20H24ClFN2O4S2/c1-3-28-16-7-4-6-15(12-16)24(30(2,26)27)13-20(25)23-10-11-29-14-17-18(21)8-5-9-19(17)22/h4-9,12H,3,10-11,13-14H2,1-2H3,(H,23,25). The minimum atomic E-state index is -3.67. The quantitative estimate of drug-likeness (QED) is 0.503. The lowest BCUT2D eigenvalue weighted by Crippen LogP contribution is -2.41. The van der Waals surface area contributed by atoms with Crippen LogP contribution < -0.4 is 14.4 Å². The Morgan fingerprint density at radius 2 is 2.00 bits per heavy atom. The van der Waals surface area contributed by atoms with Crippen LogP contribution in [0.4, 0.5) is 10.1 Å². The topological polar surface area (TPSA) is 75.7 Å². The van der Waals surface area contributed by atoms with Crippen LogP contribution in [0.3, 0.4) is 0 Å². The number of sulfonamides is 1. The fourth-order valence-electron chi connectivity index (χ4n) is 2.59. The van der Waals surface area contributed by atoms with Crippen molar-refractivity contribution in [1.29, 1.82) is 0 Å². The Kier molecular flexibility index (Phi) is 9.26. The lowest BCUT2D eigenvalue weighted by molar-refractivity contribution is -0.119. The molecule has 0 aliphatic heterocycles. The van der Waals surface area contributed by atoms with Crippen LogP contribution in [-0.2, 0) is 20.6 Å². The average molecular weight is 475 g/mol. The molecular weight excluding hydrogens is 451 g/mol. The van der Waals surface area contributed by atoms with Crippen molar-refractivity contribution in [2.24, 2.45) is 0 Å². The minimum absolute atomic E-state index is 0.312. The lowest BCUT2D eigenvalue weighted by Gasteiger charge is -2.22. The molecule has 0 bridgehead atoms. The number of thioether (sulfide) groups is 1. The first-order valence-corrected chi connectivity index (χ1v) is 12.6. The third-order valence-corrected chi connectivity index (χ3v) is 6.46. The fourth-order valence-corrected chi connectivity index (χ4v) is 4.63. The van der Waals surface area contributed by atoms with Crippen molar-refractivity contribution >= 4 is 45.0 Å². The van der Waals surface area contributed by atoms with Crippen LogP contribution in [0.25, 0.3) is 0 Å². The summed E-state index contributed by atoms with van der Waals surface area (Å²) in [5, 5.41) is 3.05. The second-order valence-electron chi connectivity index (χ2n) is 6.30. The van der Waals surface area contributed by atoms with Crippen LogP contribution in [0.1, 0.15) is 12.5 Å². The number of carbonyl (C=O) groups is 1. The Hall–Kier alpha value is -1.97. The molecule has 0 saturated carbocycles. The average Bonchev–Trinajstić information content (AvgIpc) is 2.67. The molecule has 10 heteroatoms. The summed E-state index contributed by atoms with van der Waals surface area (Å²) >= 11 is 7.40. The zero-order chi connectivity index (χ0) is 22.1. The SMILES string of the molecule is CCOc1cccc(N(CC(=O)NCCSCc2c(F)cccc2Cl)S(C)(=O)=O)c1. The zero-order valence-corrected chi connectivity index (χ0v) is 19.1. The van der Waals surface area contributed by atoms with Crippen molar-refractivity contribution in [3.8, 4) is 5.75 Å². The summed E-state index contributed by atoms with van der Waals surface area (Å²) in [6.07, 6.45) is 1.04. The van der Waals surface area contributed by atoms with Gasteiger partial charge in [0.05, 0.1) is 18.6 Å². The van der Waals surface area contributed by atoms with Gasteiger partial charge in [-0.3, -0.25) is 9.10 Å². The molecular formula is C20H24ClFN2O4S2. The summed E-state index contributed by atoms with van der Waals surface area (Å²) in [7, 11) is -3.67. The van der Waals surface area contributed by atoms with E-state index in [1.54, 1.807) is 36.4 Å². The molecule has 2 aromatic rings. The van der Waals surface area contributed by atoms with E-state index in [2.05, 4.69) is 5.32 Å². The number of carbonyl (C=O) groups excluding carboxylic acids is 1.